The fraction of sp³-hybridized carbons (Fsp3) is 0.611. The van der Waals surface area contributed by atoms with Crippen molar-refractivity contribution in [3.63, 3.8) is 0 Å². The zero-order valence-corrected chi connectivity index (χ0v) is 15.3. The second-order valence-electron chi connectivity index (χ2n) is 6.95. The Morgan fingerprint density at radius 2 is 1.96 bits per heavy atom. The van der Waals surface area contributed by atoms with E-state index in [1.54, 1.807) is 12.1 Å². The van der Waals surface area contributed by atoms with Crippen LogP contribution in [-0.4, -0.2) is 52.5 Å². The second kappa shape index (κ2) is 7.85. The fourth-order valence-corrected chi connectivity index (χ4v) is 3.52. The van der Waals surface area contributed by atoms with Gasteiger partial charge in [0.15, 0.2) is 9.84 Å². The lowest BCUT2D eigenvalue weighted by atomic mass is 10.1. The van der Waals surface area contributed by atoms with Gasteiger partial charge in [-0.2, -0.15) is 0 Å². The van der Waals surface area contributed by atoms with E-state index in [2.05, 4.69) is 5.32 Å². The SMILES string of the molecule is CS(=O)(=O)c1ccc(CC(=O)N[C@@H]2COCC[C@@H]2OCC2CC2)cc1. The van der Waals surface area contributed by atoms with Crippen LogP contribution < -0.4 is 5.32 Å². The van der Waals surface area contributed by atoms with Gasteiger partial charge in [-0.25, -0.2) is 8.42 Å². The molecular formula is C18H25NO5S. The summed E-state index contributed by atoms with van der Waals surface area (Å²) < 4.78 is 34.4. The molecule has 6 nitrogen and oxygen atoms in total. The number of hydrogen-bond donors (Lipinski definition) is 1. The lowest BCUT2D eigenvalue weighted by Gasteiger charge is -2.32. The van der Waals surface area contributed by atoms with E-state index < -0.39 is 9.84 Å². The number of rotatable bonds is 7. The van der Waals surface area contributed by atoms with E-state index in [4.69, 9.17) is 9.47 Å². The van der Waals surface area contributed by atoms with E-state index in [-0.39, 0.29) is 29.4 Å². The van der Waals surface area contributed by atoms with Crippen LogP contribution in [0.2, 0.25) is 0 Å². The smallest absolute Gasteiger partial charge is 0.224 e. The third kappa shape index (κ3) is 5.52. The molecule has 1 saturated heterocycles. The Kier molecular flexibility index (Phi) is 5.76. The minimum Gasteiger partial charge on any atom is -0.379 e. The maximum atomic E-state index is 12.3. The van der Waals surface area contributed by atoms with E-state index in [1.165, 1.54) is 31.2 Å². The zero-order valence-electron chi connectivity index (χ0n) is 14.4. The molecule has 1 amide bonds. The van der Waals surface area contributed by atoms with E-state index in [1.807, 2.05) is 0 Å². The molecule has 0 unspecified atom stereocenters. The molecule has 1 aliphatic heterocycles. The van der Waals surface area contributed by atoms with E-state index in [9.17, 15) is 13.2 Å². The Bertz CT molecular complexity index is 697. The Morgan fingerprint density at radius 1 is 1.24 bits per heavy atom. The first-order valence-electron chi connectivity index (χ1n) is 8.69. The highest BCUT2D eigenvalue weighted by molar-refractivity contribution is 7.90. The molecule has 1 aliphatic carbocycles. The van der Waals surface area contributed by atoms with Crippen molar-refractivity contribution in [2.45, 2.75) is 42.7 Å². The molecule has 2 fully saturated rings. The summed E-state index contributed by atoms with van der Waals surface area (Å²) in [6.45, 7) is 1.90. The number of hydrogen-bond acceptors (Lipinski definition) is 5. The first kappa shape index (κ1) is 18.4. The van der Waals surface area contributed by atoms with Crippen molar-refractivity contribution in [3.05, 3.63) is 29.8 Å². The summed E-state index contributed by atoms with van der Waals surface area (Å²) in [4.78, 5) is 12.6. The first-order chi connectivity index (χ1) is 11.9. The summed E-state index contributed by atoms with van der Waals surface area (Å²) in [5.41, 5.74) is 0.775. The molecule has 2 aliphatic rings. The summed E-state index contributed by atoms with van der Waals surface area (Å²) in [7, 11) is -3.22. The van der Waals surface area contributed by atoms with Crippen molar-refractivity contribution < 1.29 is 22.7 Å². The largest absolute Gasteiger partial charge is 0.379 e. The van der Waals surface area contributed by atoms with Crippen LogP contribution in [-0.2, 0) is 30.5 Å². The molecule has 0 aromatic heterocycles. The van der Waals surface area contributed by atoms with E-state index in [0.717, 1.165) is 18.6 Å². The molecule has 7 heteroatoms. The van der Waals surface area contributed by atoms with Gasteiger partial charge in [-0.1, -0.05) is 12.1 Å². The molecule has 138 valence electrons. The number of amides is 1. The first-order valence-corrected chi connectivity index (χ1v) is 10.6. The van der Waals surface area contributed by atoms with Crippen molar-refractivity contribution in [3.8, 4) is 0 Å². The molecule has 0 radical (unpaired) electrons. The third-order valence-corrected chi connectivity index (χ3v) is 5.73. The molecule has 2 atom stereocenters. The van der Waals surface area contributed by atoms with Crippen LogP contribution in [0.4, 0.5) is 0 Å². The average Bonchev–Trinajstić information content (AvgIpc) is 3.38. The molecule has 1 N–H and O–H groups in total. The van der Waals surface area contributed by atoms with Crippen molar-refractivity contribution in [1.29, 1.82) is 0 Å². The lowest BCUT2D eigenvalue weighted by Crippen LogP contribution is -2.51. The monoisotopic (exact) mass is 367 g/mol. The second-order valence-corrected chi connectivity index (χ2v) is 8.96. The lowest BCUT2D eigenvalue weighted by molar-refractivity contribution is -0.125. The third-order valence-electron chi connectivity index (χ3n) is 4.60. The molecule has 0 spiro atoms. The Hall–Kier alpha value is -1.44. The Labute approximate surface area is 148 Å². The summed E-state index contributed by atoms with van der Waals surface area (Å²) in [5, 5.41) is 3.00. The summed E-state index contributed by atoms with van der Waals surface area (Å²) >= 11 is 0. The van der Waals surface area contributed by atoms with Crippen LogP contribution in [0, 0.1) is 5.92 Å². The number of sulfone groups is 1. The number of benzene rings is 1. The van der Waals surface area contributed by atoms with Crippen LogP contribution in [0.3, 0.4) is 0 Å². The molecular weight excluding hydrogens is 342 g/mol. The van der Waals surface area contributed by atoms with Gasteiger partial charge >= 0.3 is 0 Å². The highest BCUT2D eigenvalue weighted by Crippen LogP contribution is 2.30. The quantitative estimate of drug-likeness (QED) is 0.786. The van der Waals surface area contributed by atoms with Gasteiger partial charge in [0, 0.05) is 19.5 Å². The molecule has 1 aromatic carbocycles. The summed E-state index contributed by atoms with van der Waals surface area (Å²) in [6, 6.07) is 6.28. The average molecular weight is 367 g/mol. The Morgan fingerprint density at radius 3 is 2.60 bits per heavy atom. The molecule has 1 aromatic rings. The van der Waals surface area contributed by atoms with Gasteiger partial charge in [-0.3, -0.25) is 4.79 Å². The molecule has 3 rings (SSSR count). The van der Waals surface area contributed by atoms with Gasteiger partial charge < -0.3 is 14.8 Å². The number of carbonyl (C=O) groups excluding carboxylic acids is 1. The summed E-state index contributed by atoms with van der Waals surface area (Å²) in [6.07, 6.45) is 4.65. The van der Waals surface area contributed by atoms with E-state index >= 15 is 0 Å². The van der Waals surface area contributed by atoms with Crippen molar-refractivity contribution >= 4 is 15.7 Å². The highest BCUT2D eigenvalue weighted by atomic mass is 32.2. The van der Waals surface area contributed by atoms with E-state index in [0.29, 0.717) is 19.1 Å². The zero-order chi connectivity index (χ0) is 17.9. The Balaban J connectivity index is 1.53. The van der Waals surface area contributed by atoms with Gasteiger partial charge in [0.1, 0.15) is 0 Å². The van der Waals surface area contributed by atoms with Crippen LogP contribution in [0.5, 0.6) is 0 Å². The number of ether oxygens (including phenoxy) is 2. The predicted molar refractivity (Wildman–Crippen MR) is 93.1 cm³/mol. The van der Waals surface area contributed by atoms with Crippen LogP contribution in [0.25, 0.3) is 0 Å². The number of nitrogens with one attached hydrogen (secondary N) is 1. The maximum absolute atomic E-state index is 12.3. The van der Waals surface area contributed by atoms with Gasteiger partial charge in [-0.15, -0.1) is 0 Å². The normalized spacial score (nSPS) is 24.0. The minimum atomic E-state index is -3.22. The summed E-state index contributed by atoms with van der Waals surface area (Å²) in [5.74, 6) is 0.579. The standard InChI is InChI=1S/C18H25NO5S/c1-25(21,22)15-6-4-13(5-7-15)10-18(20)19-16-12-23-9-8-17(16)24-11-14-2-3-14/h4-7,14,16-17H,2-3,8-12H2,1H3,(H,19,20)/t16-,17+/m1/s1. The topological polar surface area (TPSA) is 81.7 Å². The van der Waals surface area contributed by atoms with Crippen molar-refractivity contribution in [2.75, 3.05) is 26.1 Å². The molecule has 25 heavy (non-hydrogen) atoms. The number of carbonyl (C=O) groups is 1. The molecule has 1 saturated carbocycles. The minimum absolute atomic E-state index is 0.00547. The van der Waals surface area contributed by atoms with Crippen LogP contribution in [0.1, 0.15) is 24.8 Å². The molecule has 0 bridgehead atoms. The van der Waals surface area contributed by atoms with Crippen molar-refractivity contribution in [1.82, 2.24) is 5.32 Å². The van der Waals surface area contributed by atoms with Gasteiger partial charge in [0.25, 0.3) is 0 Å². The predicted octanol–water partition coefficient (Wildman–Crippen LogP) is 1.33. The molecule has 1 heterocycles. The van der Waals surface area contributed by atoms with Gasteiger partial charge in [0.2, 0.25) is 5.91 Å². The highest BCUT2D eigenvalue weighted by Gasteiger charge is 2.30. The van der Waals surface area contributed by atoms with Gasteiger partial charge in [-0.05, 0) is 42.9 Å². The fourth-order valence-electron chi connectivity index (χ4n) is 2.89. The van der Waals surface area contributed by atoms with Crippen LogP contribution >= 0.6 is 0 Å². The van der Waals surface area contributed by atoms with Crippen molar-refractivity contribution in [2.24, 2.45) is 5.92 Å². The maximum Gasteiger partial charge on any atom is 0.224 e. The van der Waals surface area contributed by atoms with Crippen LogP contribution in [0.15, 0.2) is 29.2 Å². The van der Waals surface area contributed by atoms with Gasteiger partial charge in [0.05, 0.1) is 30.1 Å².